The first-order chi connectivity index (χ1) is 7.36. The largest absolute Gasteiger partial charge is 0.314 e. The molecule has 0 spiro atoms. The van der Waals surface area contributed by atoms with Crippen LogP contribution in [0.25, 0.3) is 0 Å². The SMILES string of the molecule is CC(NCCc1cccs1)C1CCCC1. The molecule has 1 aromatic heterocycles. The lowest BCUT2D eigenvalue weighted by molar-refractivity contribution is 0.384. The van der Waals surface area contributed by atoms with E-state index in [2.05, 4.69) is 29.8 Å². The molecule has 0 aromatic carbocycles. The molecule has 1 fully saturated rings. The van der Waals surface area contributed by atoms with E-state index in [1.807, 2.05) is 11.3 Å². The van der Waals surface area contributed by atoms with E-state index in [1.54, 1.807) is 0 Å². The Labute approximate surface area is 96.9 Å². The zero-order valence-electron chi connectivity index (χ0n) is 9.54. The molecule has 0 bridgehead atoms. The molecule has 1 aliphatic carbocycles. The summed E-state index contributed by atoms with van der Waals surface area (Å²) >= 11 is 1.87. The normalized spacial score (nSPS) is 19.5. The molecule has 0 radical (unpaired) electrons. The third-order valence-corrected chi connectivity index (χ3v) is 4.46. The highest BCUT2D eigenvalue weighted by molar-refractivity contribution is 7.09. The van der Waals surface area contributed by atoms with Crippen LogP contribution in [0.1, 0.15) is 37.5 Å². The Morgan fingerprint density at radius 2 is 2.27 bits per heavy atom. The van der Waals surface area contributed by atoms with Crippen LogP contribution in [0.4, 0.5) is 0 Å². The van der Waals surface area contributed by atoms with Crippen molar-refractivity contribution in [2.75, 3.05) is 6.54 Å². The van der Waals surface area contributed by atoms with E-state index in [0.29, 0.717) is 6.04 Å². The first-order valence-electron chi connectivity index (χ1n) is 6.12. The molecule has 1 nitrogen and oxygen atoms in total. The maximum Gasteiger partial charge on any atom is 0.00671 e. The standard InChI is InChI=1S/C13H21NS/c1-11(12-5-2-3-6-12)14-9-8-13-7-4-10-15-13/h4,7,10-12,14H,2-3,5-6,8-9H2,1H3. The van der Waals surface area contributed by atoms with Gasteiger partial charge >= 0.3 is 0 Å². The molecule has 1 aliphatic rings. The van der Waals surface area contributed by atoms with Crippen molar-refractivity contribution < 1.29 is 0 Å². The third kappa shape index (κ3) is 3.32. The first kappa shape index (κ1) is 11.2. The zero-order chi connectivity index (χ0) is 10.5. The van der Waals surface area contributed by atoms with E-state index < -0.39 is 0 Å². The predicted molar refractivity (Wildman–Crippen MR) is 67.4 cm³/mol. The Balaban J connectivity index is 1.64. The van der Waals surface area contributed by atoms with Gasteiger partial charge in [0.05, 0.1) is 0 Å². The van der Waals surface area contributed by atoms with Crippen molar-refractivity contribution in [3.8, 4) is 0 Å². The van der Waals surface area contributed by atoms with Crippen LogP contribution in [0.5, 0.6) is 0 Å². The summed E-state index contributed by atoms with van der Waals surface area (Å²) in [5.74, 6) is 0.938. The molecule has 1 aromatic rings. The highest BCUT2D eigenvalue weighted by atomic mass is 32.1. The Morgan fingerprint density at radius 3 is 2.93 bits per heavy atom. The molecule has 2 rings (SSSR count). The minimum absolute atomic E-state index is 0.715. The lowest BCUT2D eigenvalue weighted by Gasteiger charge is -2.20. The fraction of sp³-hybridized carbons (Fsp3) is 0.692. The van der Waals surface area contributed by atoms with Crippen LogP contribution < -0.4 is 5.32 Å². The van der Waals surface area contributed by atoms with Crippen LogP contribution in [0.15, 0.2) is 17.5 Å². The van der Waals surface area contributed by atoms with Gasteiger partial charge in [0.1, 0.15) is 0 Å². The van der Waals surface area contributed by atoms with Gasteiger partial charge in [-0.25, -0.2) is 0 Å². The summed E-state index contributed by atoms with van der Waals surface area (Å²) in [5.41, 5.74) is 0. The molecule has 1 unspecified atom stereocenters. The summed E-state index contributed by atoms with van der Waals surface area (Å²) in [6.45, 7) is 3.49. The molecular weight excluding hydrogens is 202 g/mol. The summed E-state index contributed by atoms with van der Waals surface area (Å²) in [6, 6.07) is 5.08. The fourth-order valence-electron chi connectivity index (χ4n) is 2.50. The van der Waals surface area contributed by atoms with Gasteiger partial charge in [0.15, 0.2) is 0 Å². The second-order valence-corrected chi connectivity index (χ2v) is 5.65. The second-order valence-electron chi connectivity index (χ2n) is 4.62. The predicted octanol–water partition coefficient (Wildman–Crippen LogP) is 3.46. The second kappa shape index (κ2) is 5.66. The van der Waals surface area contributed by atoms with Crippen molar-refractivity contribution in [2.24, 2.45) is 5.92 Å². The van der Waals surface area contributed by atoms with Crippen molar-refractivity contribution in [1.29, 1.82) is 0 Å². The molecule has 84 valence electrons. The number of thiophene rings is 1. The molecule has 0 amide bonds. The van der Waals surface area contributed by atoms with E-state index in [-0.39, 0.29) is 0 Å². The van der Waals surface area contributed by atoms with E-state index >= 15 is 0 Å². The average Bonchev–Trinajstić information content (AvgIpc) is 2.90. The van der Waals surface area contributed by atoms with Crippen LogP contribution in [0.3, 0.4) is 0 Å². The summed E-state index contributed by atoms with van der Waals surface area (Å²) in [6.07, 6.45) is 6.96. The number of hydrogen-bond acceptors (Lipinski definition) is 2. The molecule has 15 heavy (non-hydrogen) atoms. The minimum Gasteiger partial charge on any atom is -0.314 e. The average molecular weight is 223 g/mol. The summed E-state index contributed by atoms with van der Waals surface area (Å²) in [5, 5.41) is 5.83. The molecule has 1 atom stereocenters. The Morgan fingerprint density at radius 1 is 1.47 bits per heavy atom. The van der Waals surface area contributed by atoms with Gasteiger partial charge in [-0.2, -0.15) is 0 Å². The number of hydrogen-bond donors (Lipinski definition) is 1. The highest BCUT2D eigenvalue weighted by Gasteiger charge is 2.20. The van der Waals surface area contributed by atoms with Crippen molar-refractivity contribution in [2.45, 2.75) is 45.1 Å². The molecule has 1 saturated carbocycles. The van der Waals surface area contributed by atoms with Crippen LogP contribution in [-0.4, -0.2) is 12.6 Å². The van der Waals surface area contributed by atoms with Gasteiger partial charge in [-0.15, -0.1) is 11.3 Å². The Hall–Kier alpha value is -0.340. The number of nitrogens with one attached hydrogen (secondary N) is 1. The van der Waals surface area contributed by atoms with Crippen LogP contribution in [0, 0.1) is 5.92 Å². The minimum atomic E-state index is 0.715. The van der Waals surface area contributed by atoms with Crippen LogP contribution in [-0.2, 0) is 6.42 Å². The van der Waals surface area contributed by atoms with Gasteiger partial charge < -0.3 is 5.32 Å². The molecule has 0 saturated heterocycles. The summed E-state index contributed by atoms with van der Waals surface area (Å²) in [7, 11) is 0. The van der Waals surface area contributed by atoms with E-state index in [1.165, 1.54) is 37.0 Å². The van der Waals surface area contributed by atoms with Gasteiger partial charge in [0, 0.05) is 17.5 Å². The third-order valence-electron chi connectivity index (χ3n) is 3.52. The van der Waals surface area contributed by atoms with Gasteiger partial charge in [-0.1, -0.05) is 18.9 Å². The lowest BCUT2D eigenvalue weighted by Crippen LogP contribution is -2.33. The van der Waals surface area contributed by atoms with Crippen LogP contribution in [0.2, 0.25) is 0 Å². The molecule has 0 aliphatic heterocycles. The fourth-order valence-corrected chi connectivity index (χ4v) is 3.21. The van der Waals surface area contributed by atoms with Crippen molar-refractivity contribution >= 4 is 11.3 Å². The van der Waals surface area contributed by atoms with Gasteiger partial charge in [0.2, 0.25) is 0 Å². The molecule has 1 heterocycles. The lowest BCUT2D eigenvalue weighted by atomic mass is 10.00. The van der Waals surface area contributed by atoms with E-state index in [4.69, 9.17) is 0 Å². The Bertz CT molecular complexity index is 262. The maximum absolute atomic E-state index is 3.67. The van der Waals surface area contributed by atoms with Gasteiger partial charge in [0.25, 0.3) is 0 Å². The van der Waals surface area contributed by atoms with Gasteiger partial charge in [-0.05, 0) is 43.6 Å². The van der Waals surface area contributed by atoms with Crippen molar-refractivity contribution in [1.82, 2.24) is 5.32 Å². The molecule has 2 heteroatoms. The van der Waals surface area contributed by atoms with E-state index in [9.17, 15) is 0 Å². The van der Waals surface area contributed by atoms with Crippen molar-refractivity contribution in [3.05, 3.63) is 22.4 Å². The first-order valence-corrected chi connectivity index (χ1v) is 7.00. The van der Waals surface area contributed by atoms with Crippen LogP contribution >= 0.6 is 11.3 Å². The molecular formula is C13H21NS. The quantitative estimate of drug-likeness (QED) is 0.806. The number of rotatable bonds is 5. The highest BCUT2D eigenvalue weighted by Crippen LogP contribution is 2.27. The smallest absolute Gasteiger partial charge is 0.00671 e. The maximum atomic E-state index is 3.67. The van der Waals surface area contributed by atoms with Crippen molar-refractivity contribution in [3.63, 3.8) is 0 Å². The van der Waals surface area contributed by atoms with E-state index in [0.717, 1.165) is 12.5 Å². The van der Waals surface area contributed by atoms with Gasteiger partial charge in [-0.3, -0.25) is 0 Å². The zero-order valence-corrected chi connectivity index (χ0v) is 10.4. The molecule has 1 N–H and O–H groups in total. The summed E-state index contributed by atoms with van der Waals surface area (Å²) in [4.78, 5) is 1.50. The topological polar surface area (TPSA) is 12.0 Å². The monoisotopic (exact) mass is 223 g/mol. The summed E-state index contributed by atoms with van der Waals surface area (Å²) < 4.78 is 0. The Kier molecular flexibility index (Phi) is 4.21.